The summed E-state index contributed by atoms with van der Waals surface area (Å²) in [7, 11) is 0. The van der Waals surface area contributed by atoms with Crippen molar-refractivity contribution in [2.75, 3.05) is 32.8 Å². The van der Waals surface area contributed by atoms with E-state index in [1.807, 2.05) is 34.1 Å². The monoisotopic (exact) mass is 382 g/mol. The van der Waals surface area contributed by atoms with Crippen molar-refractivity contribution in [1.82, 2.24) is 9.80 Å². The zero-order chi connectivity index (χ0) is 19.3. The average Bonchev–Trinajstić information content (AvgIpc) is 3.46. The fraction of sp³-hybridized carbons (Fsp3) is 0.455. The number of piperidine rings is 1. The van der Waals surface area contributed by atoms with Crippen LogP contribution in [0.2, 0.25) is 0 Å². The maximum absolute atomic E-state index is 12.5. The third kappa shape index (κ3) is 4.21. The molecule has 1 aromatic heterocycles. The first-order valence-corrected chi connectivity index (χ1v) is 10.0. The quantitative estimate of drug-likeness (QED) is 0.795. The summed E-state index contributed by atoms with van der Waals surface area (Å²) in [6.07, 6.45) is 7.22. The summed E-state index contributed by atoms with van der Waals surface area (Å²) in [6.45, 7) is 3.73. The molecular weight excluding hydrogens is 356 g/mol. The van der Waals surface area contributed by atoms with Gasteiger partial charge in [-0.25, -0.2) is 0 Å². The molecule has 2 amide bonds. The summed E-state index contributed by atoms with van der Waals surface area (Å²) in [4.78, 5) is 28.7. The second-order valence-corrected chi connectivity index (χ2v) is 7.61. The Kier molecular flexibility index (Phi) is 5.65. The highest BCUT2D eigenvalue weighted by atomic mass is 16.5. The molecule has 2 aromatic rings. The molecule has 0 spiro atoms. The molecule has 2 aliphatic rings. The van der Waals surface area contributed by atoms with E-state index in [1.165, 1.54) is 12.5 Å². The molecule has 2 fully saturated rings. The average molecular weight is 382 g/mol. The van der Waals surface area contributed by atoms with Crippen LogP contribution in [0.5, 0.6) is 5.75 Å². The number of benzene rings is 1. The number of nitrogens with zero attached hydrogens (tertiary/aromatic N) is 2. The van der Waals surface area contributed by atoms with E-state index < -0.39 is 0 Å². The highest BCUT2D eigenvalue weighted by molar-refractivity contribution is 5.94. The Bertz CT molecular complexity index is 794. The number of likely N-dealkylation sites (tertiary alicyclic amines) is 2. The smallest absolute Gasteiger partial charge is 0.257 e. The minimum atomic E-state index is 0.0169. The van der Waals surface area contributed by atoms with Crippen molar-refractivity contribution < 1.29 is 18.7 Å². The third-order valence-corrected chi connectivity index (χ3v) is 5.55. The van der Waals surface area contributed by atoms with Crippen molar-refractivity contribution in [3.05, 3.63) is 54.0 Å². The van der Waals surface area contributed by atoms with Gasteiger partial charge in [0.2, 0.25) is 0 Å². The number of carbonyl (C=O) groups is 2. The lowest BCUT2D eigenvalue weighted by atomic mass is 9.98. The second-order valence-electron chi connectivity index (χ2n) is 7.61. The van der Waals surface area contributed by atoms with Crippen molar-refractivity contribution >= 4 is 11.8 Å². The van der Waals surface area contributed by atoms with Gasteiger partial charge in [-0.2, -0.15) is 0 Å². The first-order valence-electron chi connectivity index (χ1n) is 10.0. The lowest BCUT2D eigenvalue weighted by Crippen LogP contribution is -2.41. The van der Waals surface area contributed by atoms with Crippen molar-refractivity contribution in [3.8, 4) is 5.75 Å². The molecule has 0 aliphatic carbocycles. The first kappa shape index (κ1) is 18.6. The molecule has 4 rings (SSSR count). The number of ether oxygens (including phenoxy) is 1. The minimum absolute atomic E-state index is 0.0169. The zero-order valence-electron chi connectivity index (χ0n) is 16.0. The van der Waals surface area contributed by atoms with Gasteiger partial charge in [0, 0.05) is 37.7 Å². The molecule has 2 aliphatic heterocycles. The van der Waals surface area contributed by atoms with Crippen molar-refractivity contribution in [2.45, 2.75) is 25.7 Å². The highest BCUT2D eigenvalue weighted by Gasteiger charge is 2.25. The Morgan fingerprint density at radius 3 is 2.36 bits per heavy atom. The predicted octanol–water partition coefficient (Wildman–Crippen LogP) is 3.45. The standard InChI is InChI=1S/C22H26N2O4/c25-21(23-10-1-2-11-23)18-5-7-20(8-6-18)28-15-17-4-3-12-24(14-17)22(26)19-9-13-27-16-19/h5-9,13,16-17H,1-4,10-12,14-15H2/t17-/m0/s1. The first-order chi connectivity index (χ1) is 13.7. The molecule has 28 heavy (non-hydrogen) atoms. The van der Waals surface area contributed by atoms with Gasteiger partial charge in [0.05, 0.1) is 18.4 Å². The molecule has 1 aromatic carbocycles. The van der Waals surface area contributed by atoms with E-state index >= 15 is 0 Å². The normalized spacial score (nSPS) is 19.6. The topological polar surface area (TPSA) is 63.0 Å². The fourth-order valence-electron chi connectivity index (χ4n) is 3.96. The van der Waals surface area contributed by atoms with E-state index in [0.717, 1.165) is 51.1 Å². The Hall–Kier alpha value is -2.76. The fourth-order valence-corrected chi connectivity index (χ4v) is 3.96. The van der Waals surface area contributed by atoms with Crippen LogP contribution < -0.4 is 4.74 Å². The molecule has 0 unspecified atom stereocenters. The molecule has 6 heteroatoms. The van der Waals surface area contributed by atoms with E-state index in [2.05, 4.69) is 0 Å². The van der Waals surface area contributed by atoms with Gasteiger partial charge in [-0.3, -0.25) is 9.59 Å². The van der Waals surface area contributed by atoms with Gasteiger partial charge in [-0.05, 0) is 56.0 Å². The molecule has 6 nitrogen and oxygen atoms in total. The molecule has 0 bridgehead atoms. The zero-order valence-corrected chi connectivity index (χ0v) is 16.0. The number of rotatable bonds is 5. The molecule has 1 atom stereocenters. The van der Waals surface area contributed by atoms with E-state index in [1.54, 1.807) is 6.07 Å². The Labute approximate surface area is 165 Å². The SMILES string of the molecule is O=C(c1ccc(OC[C@H]2CCCN(C(=O)c3ccoc3)C2)cc1)N1CCCC1. The summed E-state index contributed by atoms with van der Waals surface area (Å²) in [5, 5.41) is 0. The van der Waals surface area contributed by atoms with Gasteiger partial charge >= 0.3 is 0 Å². The van der Waals surface area contributed by atoms with Gasteiger partial charge in [0.1, 0.15) is 12.0 Å². The van der Waals surface area contributed by atoms with E-state index in [0.29, 0.717) is 30.2 Å². The van der Waals surface area contributed by atoms with Gasteiger partial charge < -0.3 is 19.0 Å². The number of carbonyl (C=O) groups excluding carboxylic acids is 2. The summed E-state index contributed by atoms with van der Waals surface area (Å²) >= 11 is 0. The van der Waals surface area contributed by atoms with Crippen molar-refractivity contribution in [3.63, 3.8) is 0 Å². The van der Waals surface area contributed by atoms with Crippen LogP contribution >= 0.6 is 0 Å². The van der Waals surface area contributed by atoms with E-state index in [4.69, 9.17) is 9.15 Å². The number of hydrogen-bond donors (Lipinski definition) is 0. The Morgan fingerprint density at radius 1 is 0.929 bits per heavy atom. The molecule has 3 heterocycles. The van der Waals surface area contributed by atoms with Crippen LogP contribution in [0.1, 0.15) is 46.4 Å². The van der Waals surface area contributed by atoms with Crippen molar-refractivity contribution in [2.24, 2.45) is 5.92 Å². The molecular formula is C22H26N2O4. The number of amides is 2. The molecule has 148 valence electrons. The molecule has 2 saturated heterocycles. The summed E-state index contributed by atoms with van der Waals surface area (Å²) in [6, 6.07) is 9.10. The lowest BCUT2D eigenvalue weighted by molar-refractivity contribution is 0.0632. The van der Waals surface area contributed by atoms with Gasteiger partial charge in [0.25, 0.3) is 11.8 Å². The Morgan fingerprint density at radius 2 is 1.64 bits per heavy atom. The number of furan rings is 1. The predicted molar refractivity (Wildman–Crippen MR) is 104 cm³/mol. The van der Waals surface area contributed by atoms with E-state index in [9.17, 15) is 9.59 Å². The maximum Gasteiger partial charge on any atom is 0.257 e. The van der Waals surface area contributed by atoms with Crippen LogP contribution in [0.15, 0.2) is 47.3 Å². The van der Waals surface area contributed by atoms with Gasteiger partial charge in [-0.15, -0.1) is 0 Å². The lowest BCUT2D eigenvalue weighted by Gasteiger charge is -2.32. The number of hydrogen-bond acceptors (Lipinski definition) is 4. The van der Waals surface area contributed by atoms with Gasteiger partial charge in [0.15, 0.2) is 0 Å². The van der Waals surface area contributed by atoms with E-state index in [-0.39, 0.29) is 11.8 Å². The van der Waals surface area contributed by atoms with Crippen LogP contribution in [-0.2, 0) is 0 Å². The summed E-state index contributed by atoms with van der Waals surface area (Å²) in [5.74, 6) is 1.18. The van der Waals surface area contributed by atoms with Crippen LogP contribution in [0.3, 0.4) is 0 Å². The van der Waals surface area contributed by atoms with Crippen molar-refractivity contribution in [1.29, 1.82) is 0 Å². The molecule has 0 saturated carbocycles. The highest BCUT2D eigenvalue weighted by Crippen LogP contribution is 2.22. The minimum Gasteiger partial charge on any atom is -0.493 e. The van der Waals surface area contributed by atoms with Crippen LogP contribution in [0.4, 0.5) is 0 Å². The second kappa shape index (κ2) is 8.50. The third-order valence-electron chi connectivity index (χ3n) is 5.55. The molecule has 0 N–H and O–H groups in total. The largest absolute Gasteiger partial charge is 0.493 e. The Balaban J connectivity index is 1.29. The maximum atomic E-state index is 12.5. The van der Waals surface area contributed by atoms with Crippen LogP contribution in [0, 0.1) is 5.92 Å². The summed E-state index contributed by atoms with van der Waals surface area (Å²) < 4.78 is 11.0. The molecule has 0 radical (unpaired) electrons. The van der Waals surface area contributed by atoms with Crippen LogP contribution in [-0.4, -0.2) is 54.4 Å². The van der Waals surface area contributed by atoms with Crippen LogP contribution in [0.25, 0.3) is 0 Å². The van der Waals surface area contributed by atoms with Gasteiger partial charge in [-0.1, -0.05) is 0 Å². The summed E-state index contributed by atoms with van der Waals surface area (Å²) in [5.41, 5.74) is 1.31.